The molecule has 0 aliphatic heterocycles. The van der Waals surface area contributed by atoms with Crippen molar-refractivity contribution in [2.45, 2.75) is 32.9 Å². The van der Waals surface area contributed by atoms with Crippen molar-refractivity contribution in [3.63, 3.8) is 0 Å². The van der Waals surface area contributed by atoms with Gasteiger partial charge in [-0.3, -0.25) is 4.79 Å². The molecule has 154 valence electrons. The van der Waals surface area contributed by atoms with E-state index in [1.165, 1.54) is 6.92 Å². The van der Waals surface area contributed by atoms with Crippen molar-refractivity contribution in [1.82, 2.24) is 4.57 Å². The highest BCUT2D eigenvalue weighted by molar-refractivity contribution is 6.08. The van der Waals surface area contributed by atoms with E-state index in [-0.39, 0.29) is 5.78 Å². The van der Waals surface area contributed by atoms with Gasteiger partial charge in [-0.05, 0) is 50.1 Å². The average molecular weight is 403 g/mol. The third-order valence-electron chi connectivity index (χ3n) is 4.74. The van der Waals surface area contributed by atoms with Crippen molar-refractivity contribution in [1.29, 1.82) is 0 Å². The number of carboxylic acid groups (broad SMARTS) is 1. The number of carbonyl (C=O) groups is 2. The number of rotatable bonds is 9. The van der Waals surface area contributed by atoms with Crippen molar-refractivity contribution < 1.29 is 19.4 Å². The number of allylic oxidation sites excluding steroid dienone is 1. The van der Waals surface area contributed by atoms with Crippen LogP contribution < -0.4 is 4.74 Å². The second-order valence-corrected chi connectivity index (χ2v) is 7.14. The van der Waals surface area contributed by atoms with E-state index < -0.39 is 12.1 Å². The van der Waals surface area contributed by atoms with Crippen molar-refractivity contribution >= 4 is 17.8 Å². The lowest BCUT2D eigenvalue weighted by atomic mass is 10.1. The van der Waals surface area contributed by atoms with Gasteiger partial charge in [0.05, 0.1) is 5.69 Å². The Morgan fingerprint density at radius 1 is 1.10 bits per heavy atom. The Labute approximate surface area is 176 Å². The molecule has 0 aliphatic rings. The fourth-order valence-corrected chi connectivity index (χ4v) is 3.05. The number of carboxylic acids is 1. The summed E-state index contributed by atoms with van der Waals surface area (Å²) in [6, 6.07) is 18.6. The van der Waals surface area contributed by atoms with Gasteiger partial charge in [0, 0.05) is 18.3 Å². The second-order valence-electron chi connectivity index (χ2n) is 7.14. The van der Waals surface area contributed by atoms with Gasteiger partial charge in [-0.15, -0.1) is 0 Å². The first-order valence-corrected chi connectivity index (χ1v) is 9.86. The van der Waals surface area contributed by atoms with E-state index in [0.29, 0.717) is 23.6 Å². The van der Waals surface area contributed by atoms with Crippen LogP contribution in [0.3, 0.4) is 0 Å². The second kappa shape index (κ2) is 9.74. The number of benzene rings is 2. The average Bonchev–Trinajstić information content (AvgIpc) is 3.20. The molecule has 5 heteroatoms. The minimum atomic E-state index is -1.00. The maximum Gasteiger partial charge on any atom is 0.344 e. The third-order valence-corrected chi connectivity index (χ3v) is 4.74. The van der Waals surface area contributed by atoms with Crippen molar-refractivity contribution in [3.05, 3.63) is 95.3 Å². The van der Waals surface area contributed by atoms with Crippen molar-refractivity contribution in [2.24, 2.45) is 0 Å². The molecule has 0 spiro atoms. The monoisotopic (exact) mass is 403 g/mol. The Morgan fingerprint density at radius 3 is 2.60 bits per heavy atom. The normalized spacial score (nSPS) is 12.1. The number of aliphatic carboxylic acids is 1. The van der Waals surface area contributed by atoms with Crippen LogP contribution in [0.1, 0.15) is 40.5 Å². The number of nitrogens with zero attached hydrogens (tertiary/aromatic N) is 1. The SMILES string of the molecule is Cc1ccc(C(=O)c2cccn2CCC=Cc2cccc(O[C@@H](C)C(=O)O)c2)cc1. The number of ketones is 1. The molecule has 3 rings (SSSR count). The maximum atomic E-state index is 12.8. The van der Waals surface area contributed by atoms with Crippen molar-refractivity contribution in [2.75, 3.05) is 0 Å². The lowest BCUT2D eigenvalue weighted by molar-refractivity contribution is -0.144. The number of aromatic nitrogens is 1. The molecule has 3 aromatic rings. The molecule has 0 saturated heterocycles. The smallest absolute Gasteiger partial charge is 0.344 e. The number of carbonyl (C=O) groups excluding carboxylic acids is 1. The topological polar surface area (TPSA) is 68.5 Å². The quantitative estimate of drug-likeness (QED) is 0.512. The molecule has 0 radical (unpaired) electrons. The highest BCUT2D eigenvalue weighted by Gasteiger charge is 2.13. The van der Waals surface area contributed by atoms with Gasteiger partial charge in [0.2, 0.25) is 5.78 Å². The number of hydrogen-bond acceptors (Lipinski definition) is 3. The predicted octanol–water partition coefficient (Wildman–Crippen LogP) is 4.98. The fraction of sp³-hybridized carbons (Fsp3) is 0.200. The highest BCUT2D eigenvalue weighted by Crippen LogP contribution is 2.17. The summed E-state index contributed by atoms with van der Waals surface area (Å²) in [5.74, 6) is -0.469. The molecule has 2 aromatic carbocycles. The molecule has 1 aromatic heterocycles. The Hall–Kier alpha value is -3.60. The molecule has 1 heterocycles. The van der Waals surface area contributed by atoms with E-state index >= 15 is 0 Å². The Bertz CT molecular complexity index is 1050. The Kier molecular flexibility index (Phi) is 6.86. The Morgan fingerprint density at radius 2 is 1.87 bits per heavy atom. The zero-order valence-corrected chi connectivity index (χ0v) is 17.1. The third kappa shape index (κ3) is 5.47. The van der Waals surface area contributed by atoms with Gasteiger partial charge in [-0.1, -0.05) is 54.1 Å². The van der Waals surface area contributed by atoms with E-state index in [0.717, 1.165) is 17.5 Å². The zero-order chi connectivity index (χ0) is 21.5. The van der Waals surface area contributed by atoms with Crippen LogP contribution in [-0.4, -0.2) is 27.5 Å². The van der Waals surface area contributed by atoms with Gasteiger partial charge < -0.3 is 14.4 Å². The maximum absolute atomic E-state index is 12.8. The van der Waals surface area contributed by atoms with E-state index in [4.69, 9.17) is 9.84 Å². The van der Waals surface area contributed by atoms with E-state index in [2.05, 4.69) is 0 Å². The summed E-state index contributed by atoms with van der Waals surface area (Å²) in [7, 11) is 0. The minimum absolute atomic E-state index is 0.0152. The van der Waals surface area contributed by atoms with Gasteiger partial charge in [0.25, 0.3) is 0 Å². The first-order chi connectivity index (χ1) is 14.4. The molecule has 1 N–H and O–H groups in total. The molecule has 0 amide bonds. The summed E-state index contributed by atoms with van der Waals surface area (Å²) in [4.78, 5) is 23.7. The lowest BCUT2D eigenvalue weighted by Gasteiger charge is -2.10. The summed E-state index contributed by atoms with van der Waals surface area (Å²) in [6.45, 7) is 4.18. The van der Waals surface area contributed by atoms with Crippen molar-refractivity contribution in [3.8, 4) is 5.75 Å². The molecular weight excluding hydrogens is 378 g/mol. The molecule has 0 aliphatic carbocycles. The Balaban J connectivity index is 1.60. The summed E-state index contributed by atoms with van der Waals surface area (Å²) in [6.07, 6.45) is 5.75. The summed E-state index contributed by atoms with van der Waals surface area (Å²) >= 11 is 0. The van der Waals surface area contributed by atoms with Crippen LogP contribution in [-0.2, 0) is 11.3 Å². The number of ether oxygens (including phenoxy) is 1. The van der Waals surface area contributed by atoms with E-state index in [1.807, 2.05) is 78.4 Å². The van der Waals surface area contributed by atoms with Crippen LogP contribution in [0.4, 0.5) is 0 Å². The molecule has 30 heavy (non-hydrogen) atoms. The summed E-state index contributed by atoms with van der Waals surface area (Å²) in [5.41, 5.74) is 3.40. The molecule has 5 nitrogen and oxygen atoms in total. The minimum Gasteiger partial charge on any atom is -0.479 e. The van der Waals surface area contributed by atoms with Gasteiger partial charge in [-0.2, -0.15) is 0 Å². The number of hydrogen-bond donors (Lipinski definition) is 1. The van der Waals surface area contributed by atoms with Crippen LogP contribution in [0.15, 0.2) is 72.9 Å². The largest absolute Gasteiger partial charge is 0.479 e. The van der Waals surface area contributed by atoms with Crippen LogP contribution in [0.2, 0.25) is 0 Å². The zero-order valence-electron chi connectivity index (χ0n) is 17.1. The molecular formula is C25H25NO4. The van der Waals surface area contributed by atoms with E-state index in [1.54, 1.807) is 12.1 Å². The van der Waals surface area contributed by atoms with Crippen LogP contribution in [0.25, 0.3) is 6.08 Å². The summed E-state index contributed by atoms with van der Waals surface area (Å²) in [5, 5.41) is 8.96. The van der Waals surface area contributed by atoms with Gasteiger partial charge in [0.15, 0.2) is 6.10 Å². The standard InChI is InChI=1S/C25H25NO4/c1-18-11-13-21(14-12-18)24(27)23-10-6-16-26(23)15-4-3-7-20-8-5-9-22(17-20)30-19(2)25(28)29/h3,5-14,16-17,19H,4,15H2,1-2H3,(H,28,29)/t19-/m0/s1. The molecule has 0 saturated carbocycles. The fourth-order valence-electron chi connectivity index (χ4n) is 3.05. The predicted molar refractivity (Wildman–Crippen MR) is 117 cm³/mol. The van der Waals surface area contributed by atoms with Gasteiger partial charge in [0.1, 0.15) is 5.75 Å². The first-order valence-electron chi connectivity index (χ1n) is 9.86. The molecule has 0 unspecified atom stereocenters. The first kappa shape index (κ1) is 21.1. The van der Waals surface area contributed by atoms with Crippen LogP contribution in [0, 0.1) is 6.92 Å². The highest BCUT2D eigenvalue weighted by atomic mass is 16.5. The van der Waals surface area contributed by atoms with Gasteiger partial charge in [-0.25, -0.2) is 4.79 Å². The molecule has 0 fully saturated rings. The van der Waals surface area contributed by atoms with Crippen LogP contribution in [0.5, 0.6) is 5.75 Å². The lowest BCUT2D eigenvalue weighted by Crippen LogP contribution is -2.22. The summed E-state index contributed by atoms with van der Waals surface area (Å²) < 4.78 is 7.36. The van der Waals surface area contributed by atoms with Crippen LogP contribution >= 0.6 is 0 Å². The number of aryl methyl sites for hydroxylation is 2. The van der Waals surface area contributed by atoms with Gasteiger partial charge >= 0.3 is 5.97 Å². The molecule has 1 atom stereocenters. The van der Waals surface area contributed by atoms with E-state index in [9.17, 15) is 9.59 Å². The molecule has 0 bridgehead atoms.